The second-order valence-corrected chi connectivity index (χ2v) is 11.9. The van der Waals surface area contributed by atoms with Gasteiger partial charge >= 0.3 is 0 Å². The predicted molar refractivity (Wildman–Crippen MR) is 143 cm³/mol. The van der Waals surface area contributed by atoms with E-state index in [1.54, 1.807) is 0 Å². The van der Waals surface area contributed by atoms with Gasteiger partial charge in [-0.1, -0.05) is 6.07 Å². The molecule has 1 heterocycles. The van der Waals surface area contributed by atoms with E-state index in [2.05, 4.69) is 30.5 Å². The third-order valence-electron chi connectivity index (χ3n) is 8.77. The first-order valence-corrected chi connectivity index (χ1v) is 13.3. The lowest BCUT2D eigenvalue weighted by atomic mass is 9.49. The Labute approximate surface area is 212 Å². The number of rotatable bonds is 4. The molecule has 4 bridgehead atoms. The number of anilines is 1. The minimum absolute atomic E-state index is 0.0444. The van der Waals surface area contributed by atoms with Crippen molar-refractivity contribution in [3.05, 3.63) is 47.0 Å². The first-order valence-electron chi connectivity index (χ1n) is 12.9. The molecule has 0 radical (unpaired) electrons. The van der Waals surface area contributed by atoms with Crippen molar-refractivity contribution < 1.29 is 9.21 Å². The van der Waals surface area contributed by atoms with Crippen molar-refractivity contribution in [3.8, 4) is 11.5 Å². The fraction of sp³-hybridized carbons (Fsp3) is 0.483. The third kappa shape index (κ3) is 4.26. The molecule has 35 heavy (non-hydrogen) atoms. The molecule has 3 aromatic rings. The Morgan fingerprint density at radius 2 is 1.71 bits per heavy atom. The average Bonchev–Trinajstić information content (AvgIpc) is 3.16. The molecule has 6 heteroatoms. The number of amides is 1. The summed E-state index contributed by atoms with van der Waals surface area (Å²) in [4.78, 5) is 17.7. The largest absolute Gasteiger partial charge is 0.436 e. The van der Waals surface area contributed by atoms with Crippen LogP contribution in [0.4, 0.5) is 5.69 Å². The van der Waals surface area contributed by atoms with Gasteiger partial charge in [-0.2, -0.15) is 0 Å². The Kier molecular flexibility index (Phi) is 5.48. The van der Waals surface area contributed by atoms with Gasteiger partial charge in [-0.3, -0.25) is 4.79 Å². The second kappa shape index (κ2) is 8.44. The lowest BCUT2D eigenvalue weighted by Gasteiger charge is -2.56. The number of fused-ring (bicyclic) bond motifs is 1. The van der Waals surface area contributed by atoms with E-state index >= 15 is 0 Å². The van der Waals surface area contributed by atoms with Crippen molar-refractivity contribution in [2.75, 3.05) is 5.32 Å². The molecule has 2 aromatic carbocycles. The van der Waals surface area contributed by atoms with Crippen molar-refractivity contribution in [2.24, 2.45) is 23.2 Å². The van der Waals surface area contributed by atoms with Crippen LogP contribution in [-0.4, -0.2) is 16.0 Å². The predicted octanol–water partition coefficient (Wildman–Crippen LogP) is 6.84. The van der Waals surface area contributed by atoms with Gasteiger partial charge in [0.15, 0.2) is 10.7 Å². The Morgan fingerprint density at radius 1 is 1.06 bits per heavy atom. The molecule has 5 nitrogen and oxygen atoms in total. The van der Waals surface area contributed by atoms with Crippen LogP contribution in [0.1, 0.15) is 61.6 Å². The van der Waals surface area contributed by atoms with Crippen molar-refractivity contribution in [1.29, 1.82) is 0 Å². The highest BCUT2D eigenvalue weighted by molar-refractivity contribution is 7.80. The maximum Gasteiger partial charge on any atom is 0.227 e. The molecular formula is C29H33N3O2S. The van der Waals surface area contributed by atoms with Crippen LogP contribution in [0.25, 0.3) is 22.6 Å². The minimum Gasteiger partial charge on any atom is -0.436 e. The molecule has 4 fully saturated rings. The number of thiocarbonyl (C=S) groups is 1. The number of hydrogen-bond donors (Lipinski definition) is 2. The van der Waals surface area contributed by atoms with E-state index in [-0.39, 0.29) is 11.3 Å². The number of carbonyl (C=O) groups is 1. The normalized spacial score (nSPS) is 26.8. The molecule has 1 amide bonds. The standard InChI is InChI=1S/C29H33N3O2S/c1-16-7-24-25(8-17(16)2)34-27(30-24)22-5-4-6-23(18(22)3)31-28(35)32-26(33)15-29-12-19-9-20(13-29)11-21(10-19)14-29/h4-8,19-21H,9-15H2,1-3H3,(H2,31,32,33,35). The van der Waals surface area contributed by atoms with E-state index < -0.39 is 0 Å². The van der Waals surface area contributed by atoms with Gasteiger partial charge in [0, 0.05) is 17.7 Å². The summed E-state index contributed by atoms with van der Waals surface area (Å²) in [5.41, 5.74) is 6.95. The van der Waals surface area contributed by atoms with E-state index in [0.29, 0.717) is 17.4 Å². The van der Waals surface area contributed by atoms with Gasteiger partial charge in [0.2, 0.25) is 11.8 Å². The maximum absolute atomic E-state index is 13.0. The van der Waals surface area contributed by atoms with E-state index in [4.69, 9.17) is 21.6 Å². The first-order chi connectivity index (χ1) is 16.8. The SMILES string of the molecule is Cc1cc2nc(-c3cccc(NC(=S)NC(=O)CC45CC6CC(CC(C6)C4)C5)c3C)oc2cc1C. The van der Waals surface area contributed by atoms with E-state index in [1.807, 2.05) is 31.2 Å². The van der Waals surface area contributed by atoms with Crippen molar-refractivity contribution in [3.63, 3.8) is 0 Å². The van der Waals surface area contributed by atoms with Crippen LogP contribution in [0.3, 0.4) is 0 Å². The Bertz CT molecular complexity index is 1270. The molecule has 4 saturated carbocycles. The smallest absolute Gasteiger partial charge is 0.227 e. The van der Waals surface area contributed by atoms with Crippen molar-refractivity contribution in [2.45, 2.75) is 65.7 Å². The highest BCUT2D eigenvalue weighted by Gasteiger charge is 2.51. The number of hydrogen-bond acceptors (Lipinski definition) is 4. The molecule has 7 rings (SSSR count). The first kappa shape index (κ1) is 22.7. The summed E-state index contributed by atoms with van der Waals surface area (Å²) in [6, 6.07) is 10.0. The molecule has 0 saturated heterocycles. The molecule has 1 aromatic heterocycles. The van der Waals surface area contributed by atoms with Crippen LogP contribution in [0.15, 0.2) is 34.7 Å². The van der Waals surface area contributed by atoms with E-state index in [0.717, 1.165) is 45.7 Å². The van der Waals surface area contributed by atoms with Crippen molar-refractivity contribution >= 4 is 40.0 Å². The van der Waals surface area contributed by atoms with Crippen LogP contribution < -0.4 is 10.6 Å². The lowest BCUT2D eigenvalue weighted by Crippen LogP contribution is -2.48. The maximum atomic E-state index is 13.0. The number of aryl methyl sites for hydroxylation is 2. The van der Waals surface area contributed by atoms with Crippen LogP contribution in [-0.2, 0) is 4.79 Å². The zero-order valence-corrected chi connectivity index (χ0v) is 21.6. The van der Waals surface area contributed by atoms with Crippen molar-refractivity contribution in [1.82, 2.24) is 10.3 Å². The highest BCUT2D eigenvalue weighted by atomic mass is 32.1. The number of oxazole rings is 1. The summed E-state index contributed by atoms with van der Waals surface area (Å²) in [6.45, 7) is 6.17. The van der Waals surface area contributed by atoms with Crippen LogP contribution in [0.5, 0.6) is 0 Å². The molecule has 182 valence electrons. The topological polar surface area (TPSA) is 67.2 Å². The summed E-state index contributed by atoms with van der Waals surface area (Å²) >= 11 is 5.54. The van der Waals surface area contributed by atoms with Crippen LogP contribution in [0, 0.1) is 43.9 Å². The number of aromatic nitrogens is 1. The minimum atomic E-state index is 0.0444. The van der Waals surface area contributed by atoms with E-state index in [1.165, 1.54) is 49.7 Å². The monoisotopic (exact) mass is 487 g/mol. The van der Waals surface area contributed by atoms with Crippen LogP contribution in [0.2, 0.25) is 0 Å². The molecule has 0 unspecified atom stereocenters. The summed E-state index contributed by atoms with van der Waals surface area (Å²) in [7, 11) is 0. The summed E-state index contributed by atoms with van der Waals surface area (Å²) in [5, 5.41) is 6.56. The molecule has 4 aliphatic carbocycles. The summed E-state index contributed by atoms with van der Waals surface area (Å²) in [5.74, 6) is 3.14. The quantitative estimate of drug-likeness (QED) is 0.394. The second-order valence-electron chi connectivity index (χ2n) is 11.5. The molecular weight excluding hydrogens is 454 g/mol. The number of nitrogens with one attached hydrogen (secondary N) is 2. The fourth-order valence-electron chi connectivity index (χ4n) is 7.47. The zero-order chi connectivity index (χ0) is 24.3. The average molecular weight is 488 g/mol. The number of benzene rings is 2. The molecule has 0 spiro atoms. The molecule has 0 aliphatic heterocycles. The molecule has 4 aliphatic rings. The molecule has 0 atom stereocenters. The molecule has 2 N–H and O–H groups in total. The van der Waals surface area contributed by atoms with Gasteiger partial charge in [0.1, 0.15) is 5.52 Å². The van der Waals surface area contributed by atoms with Gasteiger partial charge in [-0.15, -0.1) is 0 Å². The third-order valence-corrected chi connectivity index (χ3v) is 8.97. The lowest BCUT2D eigenvalue weighted by molar-refractivity contribution is -0.127. The summed E-state index contributed by atoms with van der Waals surface area (Å²) in [6.07, 6.45) is 8.41. The van der Waals surface area contributed by atoms with Gasteiger partial charge in [-0.05, 0) is 136 Å². The number of nitrogens with zero attached hydrogens (tertiary/aromatic N) is 1. The van der Waals surface area contributed by atoms with Crippen LogP contribution >= 0.6 is 12.2 Å². The summed E-state index contributed by atoms with van der Waals surface area (Å²) < 4.78 is 6.09. The van der Waals surface area contributed by atoms with Gasteiger partial charge < -0.3 is 15.1 Å². The van der Waals surface area contributed by atoms with Gasteiger partial charge in [0.05, 0.1) is 0 Å². The Balaban J connectivity index is 1.15. The highest BCUT2D eigenvalue weighted by Crippen LogP contribution is 2.61. The zero-order valence-electron chi connectivity index (χ0n) is 20.7. The van der Waals surface area contributed by atoms with Gasteiger partial charge in [0.25, 0.3) is 0 Å². The van der Waals surface area contributed by atoms with Gasteiger partial charge in [-0.25, -0.2) is 4.98 Å². The fourth-order valence-corrected chi connectivity index (χ4v) is 7.69. The number of carbonyl (C=O) groups excluding carboxylic acids is 1. The van der Waals surface area contributed by atoms with E-state index in [9.17, 15) is 4.79 Å². The Morgan fingerprint density at radius 3 is 2.40 bits per heavy atom. The Hall–Kier alpha value is -2.73.